The van der Waals surface area contributed by atoms with Crippen molar-refractivity contribution in [2.45, 2.75) is 12.5 Å². The van der Waals surface area contributed by atoms with Gasteiger partial charge in [0.2, 0.25) is 0 Å². The number of pyridine rings is 1. The number of hydrogen-bond acceptors (Lipinski definition) is 7. The average molecular weight is 408 g/mol. The standard InChI is InChI=1S/C18H21N3O4S2/c22-17(20-14-3-9-27(23,24)12-14)16-10-15(13-2-1-4-19-11-13)18(26-16)21-5-7-25-8-6-21/h1-2,4,10-11,14H,3,5-9,12H2,(H,20,22)/t14-/m0/s1. The molecule has 4 rings (SSSR count). The van der Waals surface area contributed by atoms with Crippen LogP contribution in [0.15, 0.2) is 30.6 Å². The number of carbonyl (C=O) groups excluding carboxylic acids is 1. The van der Waals surface area contributed by atoms with E-state index < -0.39 is 9.84 Å². The van der Waals surface area contributed by atoms with E-state index in [0.29, 0.717) is 24.5 Å². The van der Waals surface area contributed by atoms with E-state index in [0.717, 1.165) is 29.2 Å². The first-order valence-electron chi connectivity index (χ1n) is 8.90. The van der Waals surface area contributed by atoms with Crippen LogP contribution in [0.25, 0.3) is 11.1 Å². The van der Waals surface area contributed by atoms with Gasteiger partial charge in [-0.1, -0.05) is 6.07 Å². The Morgan fingerprint density at radius 1 is 1.33 bits per heavy atom. The van der Waals surface area contributed by atoms with E-state index in [9.17, 15) is 13.2 Å². The Morgan fingerprint density at radius 2 is 2.15 bits per heavy atom. The maximum atomic E-state index is 12.7. The minimum atomic E-state index is -3.03. The Bertz CT molecular complexity index is 921. The normalized spacial score (nSPS) is 21.9. The number of rotatable bonds is 4. The number of amides is 1. The van der Waals surface area contributed by atoms with Crippen molar-refractivity contribution in [1.82, 2.24) is 10.3 Å². The molecular weight excluding hydrogens is 386 g/mol. The topological polar surface area (TPSA) is 88.6 Å². The Morgan fingerprint density at radius 3 is 2.81 bits per heavy atom. The van der Waals surface area contributed by atoms with Gasteiger partial charge < -0.3 is 15.0 Å². The number of nitrogens with one attached hydrogen (secondary N) is 1. The van der Waals surface area contributed by atoms with Gasteiger partial charge >= 0.3 is 0 Å². The van der Waals surface area contributed by atoms with Gasteiger partial charge in [0.25, 0.3) is 5.91 Å². The molecule has 0 bridgehead atoms. The summed E-state index contributed by atoms with van der Waals surface area (Å²) in [6.07, 6.45) is 3.99. The van der Waals surface area contributed by atoms with Crippen LogP contribution in [0.2, 0.25) is 0 Å². The molecule has 0 unspecified atom stereocenters. The second-order valence-corrected chi connectivity index (χ2v) is 10.0. The van der Waals surface area contributed by atoms with E-state index in [1.807, 2.05) is 18.2 Å². The van der Waals surface area contributed by atoms with Crippen molar-refractivity contribution in [3.8, 4) is 11.1 Å². The predicted molar refractivity (Wildman–Crippen MR) is 105 cm³/mol. The van der Waals surface area contributed by atoms with Crippen LogP contribution in [0.1, 0.15) is 16.1 Å². The number of aromatic nitrogens is 1. The highest BCUT2D eigenvalue weighted by atomic mass is 32.2. The zero-order valence-electron chi connectivity index (χ0n) is 14.8. The van der Waals surface area contributed by atoms with E-state index in [1.54, 1.807) is 12.4 Å². The number of nitrogens with zero attached hydrogens (tertiary/aromatic N) is 2. The highest BCUT2D eigenvalue weighted by Crippen LogP contribution is 2.39. The lowest BCUT2D eigenvalue weighted by atomic mass is 10.1. The number of sulfone groups is 1. The Hall–Kier alpha value is -1.97. The number of anilines is 1. The molecule has 7 nitrogen and oxygen atoms in total. The summed E-state index contributed by atoms with van der Waals surface area (Å²) in [5, 5.41) is 3.90. The van der Waals surface area contributed by atoms with E-state index >= 15 is 0 Å². The molecule has 4 heterocycles. The largest absolute Gasteiger partial charge is 0.378 e. The first-order valence-corrected chi connectivity index (χ1v) is 11.5. The molecule has 1 N–H and O–H groups in total. The van der Waals surface area contributed by atoms with Crippen LogP contribution >= 0.6 is 11.3 Å². The van der Waals surface area contributed by atoms with Crippen LogP contribution in [0, 0.1) is 0 Å². The molecule has 0 aromatic carbocycles. The molecule has 2 aromatic rings. The Balaban J connectivity index is 1.61. The lowest BCUT2D eigenvalue weighted by Gasteiger charge is -2.28. The fourth-order valence-corrected chi connectivity index (χ4v) is 6.20. The Labute approximate surface area is 162 Å². The number of hydrogen-bond donors (Lipinski definition) is 1. The maximum Gasteiger partial charge on any atom is 0.261 e. The van der Waals surface area contributed by atoms with Crippen molar-refractivity contribution in [2.75, 3.05) is 42.7 Å². The third kappa shape index (κ3) is 4.15. The zero-order chi connectivity index (χ0) is 18.9. The fraction of sp³-hybridized carbons (Fsp3) is 0.444. The van der Waals surface area contributed by atoms with Crippen molar-refractivity contribution in [3.05, 3.63) is 35.5 Å². The highest BCUT2D eigenvalue weighted by Gasteiger charge is 2.30. The summed E-state index contributed by atoms with van der Waals surface area (Å²) < 4.78 is 28.7. The summed E-state index contributed by atoms with van der Waals surface area (Å²) in [6.45, 7) is 2.86. The maximum absolute atomic E-state index is 12.7. The van der Waals surface area contributed by atoms with Crippen LogP contribution in [0.3, 0.4) is 0 Å². The van der Waals surface area contributed by atoms with Gasteiger partial charge in [-0.25, -0.2) is 8.42 Å². The molecule has 2 aliphatic heterocycles. The zero-order valence-corrected chi connectivity index (χ0v) is 16.4. The van der Waals surface area contributed by atoms with E-state index in [2.05, 4.69) is 15.2 Å². The van der Waals surface area contributed by atoms with E-state index in [1.165, 1.54) is 11.3 Å². The molecular formula is C18H21N3O4S2. The van der Waals surface area contributed by atoms with Gasteiger partial charge in [0.05, 0.1) is 34.6 Å². The highest BCUT2D eigenvalue weighted by molar-refractivity contribution is 7.91. The van der Waals surface area contributed by atoms with Crippen molar-refractivity contribution < 1.29 is 17.9 Å². The van der Waals surface area contributed by atoms with Gasteiger partial charge in [-0.15, -0.1) is 11.3 Å². The number of thiophene rings is 1. The summed E-state index contributed by atoms with van der Waals surface area (Å²) in [4.78, 5) is 19.7. The fourth-order valence-electron chi connectivity index (χ4n) is 3.39. The average Bonchev–Trinajstić information content (AvgIpc) is 3.27. The molecule has 0 aliphatic carbocycles. The molecule has 0 radical (unpaired) electrons. The van der Waals surface area contributed by atoms with Crippen molar-refractivity contribution in [3.63, 3.8) is 0 Å². The smallest absolute Gasteiger partial charge is 0.261 e. The second kappa shape index (κ2) is 7.57. The minimum absolute atomic E-state index is 0.0237. The Kier molecular flexibility index (Phi) is 5.16. The lowest BCUT2D eigenvalue weighted by Crippen LogP contribution is -2.36. The minimum Gasteiger partial charge on any atom is -0.378 e. The molecule has 27 heavy (non-hydrogen) atoms. The molecule has 0 spiro atoms. The SMILES string of the molecule is O=C(N[C@H]1CCS(=O)(=O)C1)c1cc(-c2cccnc2)c(N2CCOCC2)s1. The summed E-state index contributed by atoms with van der Waals surface area (Å²) in [5.74, 6) is -0.0510. The number of carbonyl (C=O) groups is 1. The quantitative estimate of drug-likeness (QED) is 0.828. The molecule has 2 aliphatic rings. The van der Waals surface area contributed by atoms with Crippen LogP contribution in [0.4, 0.5) is 5.00 Å². The molecule has 144 valence electrons. The summed E-state index contributed by atoms with van der Waals surface area (Å²) in [6, 6.07) is 5.42. The monoisotopic (exact) mass is 407 g/mol. The molecule has 9 heteroatoms. The number of ether oxygens (including phenoxy) is 1. The second-order valence-electron chi connectivity index (χ2n) is 6.74. The third-order valence-electron chi connectivity index (χ3n) is 4.77. The summed E-state index contributed by atoms with van der Waals surface area (Å²) >= 11 is 1.43. The van der Waals surface area contributed by atoms with Gasteiger partial charge in [0, 0.05) is 42.7 Å². The van der Waals surface area contributed by atoms with Crippen LogP contribution in [-0.2, 0) is 14.6 Å². The van der Waals surface area contributed by atoms with Crippen molar-refractivity contribution >= 4 is 32.1 Å². The van der Waals surface area contributed by atoms with Gasteiger partial charge in [-0.2, -0.15) is 0 Å². The van der Waals surface area contributed by atoms with E-state index in [-0.39, 0.29) is 23.5 Å². The number of morpholine rings is 1. The molecule has 2 aromatic heterocycles. The molecule has 2 saturated heterocycles. The van der Waals surface area contributed by atoms with Crippen molar-refractivity contribution in [2.24, 2.45) is 0 Å². The van der Waals surface area contributed by atoms with Crippen LogP contribution < -0.4 is 10.2 Å². The molecule has 1 amide bonds. The molecule has 2 fully saturated rings. The van der Waals surface area contributed by atoms with E-state index in [4.69, 9.17) is 4.74 Å². The first kappa shape index (κ1) is 18.4. The summed E-state index contributed by atoms with van der Waals surface area (Å²) in [7, 11) is -3.03. The van der Waals surface area contributed by atoms with Gasteiger partial charge in [-0.3, -0.25) is 9.78 Å². The van der Waals surface area contributed by atoms with Crippen molar-refractivity contribution in [1.29, 1.82) is 0 Å². The predicted octanol–water partition coefficient (Wildman–Crippen LogP) is 1.56. The van der Waals surface area contributed by atoms with Crippen LogP contribution in [-0.4, -0.2) is 63.2 Å². The van der Waals surface area contributed by atoms with Gasteiger partial charge in [0.15, 0.2) is 9.84 Å². The first-order chi connectivity index (χ1) is 13.0. The summed E-state index contributed by atoms with van der Waals surface area (Å²) in [5.41, 5.74) is 1.93. The van der Waals surface area contributed by atoms with Gasteiger partial charge in [-0.05, 0) is 18.6 Å². The van der Waals surface area contributed by atoms with Crippen LogP contribution in [0.5, 0.6) is 0 Å². The lowest BCUT2D eigenvalue weighted by molar-refractivity contribution is 0.0945. The third-order valence-corrected chi connectivity index (χ3v) is 7.74. The van der Waals surface area contributed by atoms with Gasteiger partial charge in [0.1, 0.15) is 0 Å². The molecule has 1 atom stereocenters. The molecule has 0 saturated carbocycles.